The van der Waals surface area contributed by atoms with E-state index < -0.39 is 22.8 Å². The molecule has 110 valence electrons. The molecule has 1 unspecified atom stereocenters. The number of nitriles is 1. The normalized spacial score (nSPS) is 11.1. The number of nitro groups is 1. The molecular weight excluding hydrogens is 280 g/mol. The minimum Gasteiger partial charge on any atom is -0.464 e. The van der Waals surface area contributed by atoms with Crippen molar-refractivity contribution in [1.29, 1.82) is 5.26 Å². The van der Waals surface area contributed by atoms with Crippen LogP contribution in [0.25, 0.3) is 0 Å². The van der Waals surface area contributed by atoms with Crippen LogP contribution in [0.15, 0.2) is 18.2 Å². The van der Waals surface area contributed by atoms with E-state index >= 15 is 0 Å². The molecule has 1 atom stereocenters. The van der Waals surface area contributed by atoms with Crippen LogP contribution >= 0.6 is 0 Å². The van der Waals surface area contributed by atoms with Crippen molar-refractivity contribution in [3.8, 4) is 6.07 Å². The molecule has 9 heteroatoms. The van der Waals surface area contributed by atoms with E-state index in [2.05, 4.69) is 10.1 Å². The number of non-ortho nitro benzene ring substituents is 1. The molecular formula is C12H12N4O5. The fourth-order valence-corrected chi connectivity index (χ4v) is 1.40. The minimum absolute atomic E-state index is 0.0212. The summed E-state index contributed by atoms with van der Waals surface area (Å²) < 4.78 is 4.59. The molecule has 0 aromatic heterocycles. The van der Waals surface area contributed by atoms with Crippen molar-refractivity contribution in [2.24, 2.45) is 5.73 Å². The summed E-state index contributed by atoms with van der Waals surface area (Å²) in [6.07, 6.45) is 0. The van der Waals surface area contributed by atoms with Crippen LogP contribution in [0.3, 0.4) is 0 Å². The Hall–Kier alpha value is -2.99. The monoisotopic (exact) mass is 292 g/mol. The van der Waals surface area contributed by atoms with E-state index in [1.54, 1.807) is 13.0 Å². The van der Waals surface area contributed by atoms with E-state index in [-0.39, 0.29) is 23.5 Å². The Morgan fingerprint density at radius 1 is 1.57 bits per heavy atom. The first-order valence-corrected chi connectivity index (χ1v) is 5.82. The van der Waals surface area contributed by atoms with Crippen molar-refractivity contribution in [1.82, 2.24) is 0 Å². The van der Waals surface area contributed by atoms with Gasteiger partial charge in [-0.2, -0.15) is 5.26 Å². The van der Waals surface area contributed by atoms with Gasteiger partial charge in [-0.25, -0.2) is 4.79 Å². The lowest BCUT2D eigenvalue weighted by Gasteiger charge is -2.11. The van der Waals surface area contributed by atoms with Gasteiger partial charge in [-0.1, -0.05) is 0 Å². The third-order valence-electron chi connectivity index (χ3n) is 2.42. The number of carbonyl (C=O) groups excluding carboxylic acids is 2. The Kier molecular flexibility index (Phi) is 5.33. The highest BCUT2D eigenvalue weighted by molar-refractivity contribution is 6.08. The fraction of sp³-hybridized carbons (Fsp3) is 0.250. The average molecular weight is 292 g/mol. The molecule has 0 heterocycles. The second-order valence-electron chi connectivity index (χ2n) is 3.82. The van der Waals surface area contributed by atoms with Gasteiger partial charge in [-0.15, -0.1) is 0 Å². The highest BCUT2D eigenvalue weighted by atomic mass is 16.6. The second kappa shape index (κ2) is 6.97. The van der Waals surface area contributed by atoms with Gasteiger partial charge in [0.1, 0.15) is 6.07 Å². The number of nitro benzene ring substituents is 1. The SMILES string of the molecule is CCOC(=O)C(N)C(=O)Nc1ccc([N+](=O)[O-])cc1C#N. The number of carbonyl (C=O) groups is 2. The van der Waals surface area contributed by atoms with Crippen molar-refractivity contribution < 1.29 is 19.2 Å². The lowest BCUT2D eigenvalue weighted by molar-refractivity contribution is -0.384. The Labute approximate surface area is 119 Å². The van der Waals surface area contributed by atoms with Crippen molar-refractivity contribution in [3.05, 3.63) is 33.9 Å². The number of benzene rings is 1. The van der Waals surface area contributed by atoms with E-state index in [0.717, 1.165) is 12.1 Å². The molecule has 0 aliphatic rings. The summed E-state index contributed by atoms with van der Waals surface area (Å²) in [6.45, 7) is 1.63. The molecule has 0 aliphatic heterocycles. The average Bonchev–Trinajstić information content (AvgIpc) is 2.46. The maximum absolute atomic E-state index is 11.7. The standard InChI is InChI=1S/C12H12N4O5/c1-2-21-12(18)10(14)11(17)15-9-4-3-8(16(19)20)5-7(9)6-13/h3-5,10H,2,14H2,1H3,(H,15,17). The predicted molar refractivity (Wildman–Crippen MR) is 71.0 cm³/mol. The summed E-state index contributed by atoms with van der Waals surface area (Å²) >= 11 is 0. The zero-order chi connectivity index (χ0) is 16.0. The van der Waals surface area contributed by atoms with Gasteiger partial charge in [0.2, 0.25) is 0 Å². The third-order valence-corrected chi connectivity index (χ3v) is 2.42. The Morgan fingerprint density at radius 2 is 2.24 bits per heavy atom. The number of amides is 1. The fourth-order valence-electron chi connectivity index (χ4n) is 1.40. The number of nitrogens with two attached hydrogens (primary N) is 1. The van der Waals surface area contributed by atoms with Crippen molar-refractivity contribution in [2.45, 2.75) is 13.0 Å². The maximum atomic E-state index is 11.7. The molecule has 0 saturated carbocycles. The smallest absolute Gasteiger partial charge is 0.332 e. The number of rotatable bonds is 5. The van der Waals surface area contributed by atoms with Gasteiger partial charge in [-0.05, 0) is 13.0 Å². The topological polar surface area (TPSA) is 148 Å². The summed E-state index contributed by atoms with van der Waals surface area (Å²) in [5, 5.41) is 21.8. The van der Waals surface area contributed by atoms with E-state index in [1.165, 1.54) is 6.07 Å². The third kappa shape index (κ3) is 3.99. The summed E-state index contributed by atoms with van der Waals surface area (Å²) in [6, 6.07) is 3.47. The van der Waals surface area contributed by atoms with E-state index in [1.807, 2.05) is 0 Å². The maximum Gasteiger partial charge on any atom is 0.332 e. The first-order valence-electron chi connectivity index (χ1n) is 5.82. The lowest BCUT2D eigenvalue weighted by Crippen LogP contribution is -2.43. The molecule has 1 amide bonds. The van der Waals surface area contributed by atoms with Crippen LogP contribution in [-0.4, -0.2) is 29.4 Å². The van der Waals surface area contributed by atoms with Gasteiger partial charge in [0.15, 0.2) is 6.04 Å². The Morgan fingerprint density at radius 3 is 2.76 bits per heavy atom. The Balaban J connectivity index is 2.93. The molecule has 0 aliphatic carbocycles. The second-order valence-corrected chi connectivity index (χ2v) is 3.82. The number of esters is 1. The van der Waals surface area contributed by atoms with Crippen LogP contribution in [0.2, 0.25) is 0 Å². The number of anilines is 1. The van der Waals surface area contributed by atoms with E-state index in [9.17, 15) is 19.7 Å². The molecule has 1 aromatic rings. The predicted octanol–water partition coefficient (Wildman–Crippen LogP) is 0.295. The zero-order valence-electron chi connectivity index (χ0n) is 11.0. The van der Waals surface area contributed by atoms with Crippen LogP contribution in [0, 0.1) is 21.4 Å². The first kappa shape index (κ1) is 16.1. The molecule has 0 spiro atoms. The molecule has 1 rings (SSSR count). The summed E-state index contributed by atoms with van der Waals surface area (Å²) in [5.74, 6) is -1.78. The van der Waals surface area contributed by atoms with Gasteiger partial charge >= 0.3 is 5.97 Å². The van der Waals surface area contributed by atoms with Crippen molar-refractivity contribution in [3.63, 3.8) is 0 Å². The number of hydrogen-bond donors (Lipinski definition) is 2. The molecule has 1 aromatic carbocycles. The van der Waals surface area contributed by atoms with Gasteiger partial charge < -0.3 is 15.8 Å². The summed E-state index contributed by atoms with van der Waals surface area (Å²) in [5.41, 5.74) is 5.00. The summed E-state index contributed by atoms with van der Waals surface area (Å²) in [4.78, 5) is 33.0. The molecule has 0 bridgehead atoms. The highest BCUT2D eigenvalue weighted by Gasteiger charge is 2.24. The molecule has 9 nitrogen and oxygen atoms in total. The molecule has 0 fully saturated rings. The van der Waals surface area contributed by atoms with Gasteiger partial charge in [0.05, 0.1) is 22.8 Å². The van der Waals surface area contributed by atoms with Gasteiger partial charge in [0, 0.05) is 12.1 Å². The number of nitrogens with one attached hydrogen (secondary N) is 1. The van der Waals surface area contributed by atoms with E-state index in [4.69, 9.17) is 11.0 Å². The largest absolute Gasteiger partial charge is 0.464 e. The van der Waals surface area contributed by atoms with Crippen molar-refractivity contribution in [2.75, 3.05) is 11.9 Å². The van der Waals surface area contributed by atoms with Crippen molar-refractivity contribution >= 4 is 23.3 Å². The van der Waals surface area contributed by atoms with Crippen LogP contribution in [0.1, 0.15) is 12.5 Å². The van der Waals surface area contributed by atoms with E-state index in [0.29, 0.717) is 0 Å². The zero-order valence-corrected chi connectivity index (χ0v) is 11.0. The van der Waals surface area contributed by atoms with Crippen LogP contribution in [0.4, 0.5) is 11.4 Å². The molecule has 0 radical (unpaired) electrons. The van der Waals surface area contributed by atoms with Crippen LogP contribution in [0.5, 0.6) is 0 Å². The molecule has 3 N–H and O–H groups in total. The van der Waals surface area contributed by atoms with Crippen LogP contribution < -0.4 is 11.1 Å². The quantitative estimate of drug-likeness (QED) is 0.343. The number of ether oxygens (including phenoxy) is 1. The number of hydrogen-bond acceptors (Lipinski definition) is 7. The van der Waals surface area contributed by atoms with Gasteiger partial charge in [0.25, 0.3) is 11.6 Å². The Bertz CT molecular complexity index is 623. The van der Waals surface area contributed by atoms with Gasteiger partial charge in [-0.3, -0.25) is 14.9 Å². The first-order chi connectivity index (χ1) is 9.90. The highest BCUT2D eigenvalue weighted by Crippen LogP contribution is 2.21. The summed E-state index contributed by atoms with van der Waals surface area (Å²) in [7, 11) is 0. The lowest BCUT2D eigenvalue weighted by atomic mass is 10.1. The number of nitrogens with zero attached hydrogens (tertiary/aromatic N) is 2. The van der Waals surface area contributed by atoms with Crippen LogP contribution in [-0.2, 0) is 14.3 Å². The molecule has 21 heavy (non-hydrogen) atoms. The molecule has 0 saturated heterocycles. The minimum atomic E-state index is -1.55.